The number of hydrogen-bond acceptors (Lipinski definition) is 3. The van der Waals surface area contributed by atoms with E-state index in [1.807, 2.05) is 0 Å². The SMILES string of the molecule is [2H]c1nc2c(c(=O)n(C([2H])([2H])C)c(=O)n2C([2H])([2H])[2H])n1C([2H])([2H])[2H]. The van der Waals surface area contributed by atoms with Crippen molar-refractivity contribution in [2.75, 3.05) is 0 Å². The van der Waals surface area contributed by atoms with Gasteiger partial charge in [0.2, 0.25) is 0 Å². The van der Waals surface area contributed by atoms with E-state index in [0.717, 1.165) is 6.92 Å². The van der Waals surface area contributed by atoms with Crippen molar-refractivity contribution >= 4 is 11.2 Å². The molecule has 2 aromatic heterocycles. The molecule has 0 unspecified atom stereocenters. The molecule has 80 valence electrons. The molecule has 0 aliphatic carbocycles. The molecule has 2 heterocycles. The molecule has 6 heteroatoms. The highest BCUT2D eigenvalue weighted by Gasteiger charge is 2.12. The summed E-state index contributed by atoms with van der Waals surface area (Å²) in [7, 11) is 0. The van der Waals surface area contributed by atoms with Gasteiger partial charge in [-0.25, -0.2) is 9.78 Å². The maximum atomic E-state index is 12.5. The van der Waals surface area contributed by atoms with Crippen LogP contribution in [0.2, 0.25) is 0 Å². The zero-order valence-corrected chi connectivity index (χ0v) is 7.61. The van der Waals surface area contributed by atoms with Crippen LogP contribution in [0.4, 0.5) is 0 Å². The van der Waals surface area contributed by atoms with E-state index < -0.39 is 49.2 Å². The summed E-state index contributed by atoms with van der Waals surface area (Å²) >= 11 is 0. The molecule has 0 aromatic carbocycles. The van der Waals surface area contributed by atoms with Crippen LogP contribution in [0.5, 0.6) is 0 Å². The van der Waals surface area contributed by atoms with E-state index >= 15 is 0 Å². The maximum Gasteiger partial charge on any atom is 0.332 e. The van der Waals surface area contributed by atoms with Gasteiger partial charge in [-0.05, 0) is 6.92 Å². The number of aryl methyl sites for hydroxylation is 2. The molecular formula is C9H12N4O2. The second-order valence-corrected chi connectivity index (χ2v) is 2.70. The minimum Gasteiger partial charge on any atom is -0.328 e. The van der Waals surface area contributed by atoms with Crippen molar-refractivity contribution in [2.24, 2.45) is 14.0 Å². The lowest BCUT2D eigenvalue weighted by Gasteiger charge is -2.05. The van der Waals surface area contributed by atoms with Gasteiger partial charge >= 0.3 is 5.69 Å². The van der Waals surface area contributed by atoms with Gasteiger partial charge in [-0.15, -0.1) is 0 Å². The fourth-order valence-electron chi connectivity index (χ4n) is 1.23. The summed E-state index contributed by atoms with van der Waals surface area (Å²) in [5.74, 6) is 0. The van der Waals surface area contributed by atoms with Gasteiger partial charge in [0, 0.05) is 31.4 Å². The summed E-state index contributed by atoms with van der Waals surface area (Å²) in [6, 6.07) is 0. The Balaban J connectivity index is 3.26. The molecule has 2 rings (SSSR count). The Bertz CT molecular complexity index is 925. The van der Waals surface area contributed by atoms with Crippen LogP contribution in [0, 0.1) is 0 Å². The van der Waals surface area contributed by atoms with Crippen molar-refractivity contribution in [3.63, 3.8) is 0 Å². The third-order valence-electron chi connectivity index (χ3n) is 1.91. The second kappa shape index (κ2) is 3.08. The van der Waals surface area contributed by atoms with E-state index in [4.69, 9.17) is 12.3 Å². The predicted molar refractivity (Wildman–Crippen MR) is 55.9 cm³/mol. The van der Waals surface area contributed by atoms with Gasteiger partial charge in [-0.3, -0.25) is 13.9 Å². The van der Waals surface area contributed by atoms with Crippen LogP contribution in [0.3, 0.4) is 0 Å². The van der Waals surface area contributed by atoms with Crippen LogP contribution >= 0.6 is 0 Å². The van der Waals surface area contributed by atoms with Gasteiger partial charge in [0.15, 0.2) is 11.2 Å². The third-order valence-corrected chi connectivity index (χ3v) is 1.91. The fourth-order valence-corrected chi connectivity index (χ4v) is 1.23. The Labute approximate surface area is 98.0 Å². The quantitative estimate of drug-likeness (QED) is 0.644. The molecule has 0 aliphatic heterocycles. The van der Waals surface area contributed by atoms with Crippen LogP contribution in [0.1, 0.15) is 19.3 Å². The summed E-state index contributed by atoms with van der Waals surface area (Å²) in [5, 5.41) is 0. The molecule has 0 spiro atoms. The molecule has 15 heavy (non-hydrogen) atoms. The minimum atomic E-state index is -3.17. The first-order valence-electron chi connectivity index (χ1n) is 8.37. The van der Waals surface area contributed by atoms with Crippen LogP contribution < -0.4 is 11.2 Å². The first-order valence-corrected chi connectivity index (χ1v) is 3.87. The van der Waals surface area contributed by atoms with Crippen molar-refractivity contribution < 1.29 is 12.3 Å². The van der Waals surface area contributed by atoms with E-state index in [1.54, 1.807) is 0 Å². The van der Waals surface area contributed by atoms with Crippen molar-refractivity contribution in [2.45, 2.75) is 13.4 Å². The second-order valence-electron chi connectivity index (χ2n) is 2.70. The predicted octanol–water partition coefficient (Wildman–Crippen LogP) is -0.546. The number of aromatic nitrogens is 4. The van der Waals surface area contributed by atoms with Gasteiger partial charge in [0.1, 0.15) is 1.37 Å². The third kappa shape index (κ3) is 1.14. The van der Waals surface area contributed by atoms with Crippen molar-refractivity contribution in [1.82, 2.24) is 18.7 Å². The van der Waals surface area contributed by atoms with E-state index in [1.165, 1.54) is 0 Å². The minimum absolute atomic E-state index is 0.00887. The molecule has 0 bridgehead atoms. The summed E-state index contributed by atoms with van der Waals surface area (Å²) in [4.78, 5) is 28.3. The fraction of sp³-hybridized carbons (Fsp3) is 0.444. The number of imidazole rings is 1. The van der Waals surface area contributed by atoms with E-state index in [2.05, 4.69) is 4.98 Å². The lowest BCUT2D eigenvalue weighted by Crippen LogP contribution is -2.39. The summed E-state index contributed by atoms with van der Waals surface area (Å²) in [6.45, 7) is -8.00. The van der Waals surface area contributed by atoms with Gasteiger partial charge < -0.3 is 4.57 Å². The summed E-state index contributed by atoms with van der Waals surface area (Å²) in [5.41, 5.74) is -4.58. The molecular weight excluding hydrogens is 196 g/mol. The van der Waals surface area contributed by atoms with Crippen LogP contribution in [-0.4, -0.2) is 18.7 Å². The average Bonchev–Trinajstić information content (AvgIpc) is 2.61. The Morgan fingerprint density at radius 3 is 3.00 bits per heavy atom. The topological polar surface area (TPSA) is 61.8 Å². The molecule has 0 amide bonds. The molecule has 0 saturated heterocycles. The Morgan fingerprint density at radius 2 is 2.40 bits per heavy atom. The number of fused-ring (bicyclic) bond motifs is 1. The molecule has 6 nitrogen and oxygen atoms in total. The molecule has 2 aromatic rings. The highest BCUT2D eigenvalue weighted by molar-refractivity contribution is 5.69. The van der Waals surface area contributed by atoms with Crippen LogP contribution in [0.25, 0.3) is 11.2 Å². The standard InChI is InChI=1S/C9H12N4O2/c1-4-13-8(14)6-7(10-5-11(6)2)12(3)9(13)15/h5H,4H2,1-3H3/i2D3,3D3,4D2,5D. The van der Waals surface area contributed by atoms with E-state index in [0.29, 0.717) is 0 Å². The maximum absolute atomic E-state index is 12.5. The molecule has 0 saturated carbocycles. The molecule has 0 radical (unpaired) electrons. The molecule has 0 atom stereocenters. The largest absolute Gasteiger partial charge is 0.332 e. The highest BCUT2D eigenvalue weighted by Crippen LogP contribution is 2.02. The van der Waals surface area contributed by atoms with Gasteiger partial charge in [-0.2, -0.15) is 0 Å². The van der Waals surface area contributed by atoms with Gasteiger partial charge in [-0.1, -0.05) is 0 Å². The Kier molecular flexibility index (Phi) is 0.743. The lowest BCUT2D eigenvalue weighted by atomic mass is 10.5. The van der Waals surface area contributed by atoms with Gasteiger partial charge in [0.05, 0.1) is 6.30 Å². The normalized spacial score (nSPS) is 22.6. The van der Waals surface area contributed by atoms with E-state index in [9.17, 15) is 9.59 Å². The average molecular weight is 217 g/mol. The first-order chi connectivity index (χ1) is 10.6. The number of hydrogen-bond donors (Lipinski definition) is 0. The monoisotopic (exact) mass is 217 g/mol. The zero-order valence-electron chi connectivity index (χ0n) is 16.6. The van der Waals surface area contributed by atoms with Gasteiger partial charge in [0.25, 0.3) is 5.56 Å². The Morgan fingerprint density at radius 1 is 1.60 bits per heavy atom. The summed E-state index contributed by atoms with van der Waals surface area (Å²) in [6.07, 6.45) is -0.950. The van der Waals surface area contributed by atoms with E-state index in [-0.39, 0.29) is 13.7 Å². The van der Waals surface area contributed by atoms with Crippen LogP contribution in [0.15, 0.2) is 15.9 Å². The number of rotatable bonds is 1. The zero-order chi connectivity index (χ0) is 18.8. The molecule has 0 aliphatic rings. The highest BCUT2D eigenvalue weighted by atomic mass is 16.2. The van der Waals surface area contributed by atoms with Crippen molar-refractivity contribution in [3.8, 4) is 0 Å². The lowest BCUT2D eigenvalue weighted by molar-refractivity contribution is 0.635. The van der Waals surface area contributed by atoms with Crippen LogP contribution in [-0.2, 0) is 20.4 Å². The summed E-state index contributed by atoms with van der Waals surface area (Å²) < 4.78 is 67.4. The number of nitrogens with zero attached hydrogens (tertiary/aromatic N) is 4. The van der Waals surface area contributed by atoms with Crippen molar-refractivity contribution in [1.29, 1.82) is 0 Å². The Hall–Kier alpha value is -1.85. The molecule has 0 fully saturated rings. The molecule has 0 N–H and O–H groups in total. The smallest absolute Gasteiger partial charge is 0.328 e. The van der Waals surface area contributed by atoms with Crippen molar-refractivity contribution in [3.05, 3.63) is 27.1 Å². The first kappa shape index (κ1) is 3.62.